The fraction of sp³-hybridized carbons (Fsp3) is 0.280. The molecule has 0 aromatic heterocycles. The van der Waals surface area contributed by atoms with Crippen molar-refractivity contribution in [1.82, 2.24) is 5.32 Å². The highest BCUT2D eigenvalue weighted by molar-refractivity contribution is 5.90. The third kappa shape index (κ3) is 7.32. The number of carbonyl (C=O) groups is 1. The largest absolute Gasteiger partial charge is 0.481 e. The molecule has 0 saturated heterocycles. The van der Waals surface area contributed by atoms with E-state index in [1.165, 1.54) is 6.08 Å². The maximum Gasteiger partial charge on any atom is 0.307 e. The quantitative estimate of drug-likeness (QED) is 0.271. The summed E-state index contributed by atoms with van der Waals surface area (Å²) in [5, 5.41) is 12.7. The third-order valence-electron chi connectivity index (χ3n) is 5.07. The van der Waals surface area contributed by atoms with Gasteiger partial charge >= 0.3 is 5.97 Å². The molecule has 1 fully saturated rings. The summed E-state index contributed by atoms with van der Waals surface area (Å²) in [5.41, 5.74) is 2.49. The van der Waals surface area contributed by atoms with Crippen LogP contribution in [-0.2, 0) is 4.79 Å². The number of rotatable bonds is 10. The van der Waals surface area contributed by atoms with Crippen molar-refractivity contribution in [3.8, 4) is 0 Å². The molecule has 0 bridgehead atoms. The van der Waals surface area contributed by atoms with E-state index in [0.29, 0.717) is 34.7 Å². The minimum atomic E-state index is -0.797. The van der Waals surface area contributed by atoms with Crippen LogP contribution in [0.4, 0.5) is 4.39 Å². The van der Waals surface area contributed by atoms with E-state index in [9.17, 15) is 14.3 Å². The molecule has 0 aliphatic heterocycles. The predicted octanol–water partition coefficient (Wildman–Crippen LogP) is 5.83. The summed E-state index contributed by atoms with van der Waals surface area (Å²) in [6, 6.07) is 0. The molecular formula is C25H31FN2O2. The molecule has 0 aromatic rings. The second kappa shape index (κ2) is 11.7. The van der Waals surface area contributed by atoms with Gasteiger partial charge in [0.05, 0.1) is 5.92 Å². The van der Waals surface area contributed by atoms with E-state index in [-0.39, 0.29) is 11.5 Å². The fourth-order valence-electron chi connectivity index (χ4n) is 3.11. The van der Waals surface area contributed by atoms with Crippen LogP contribution < -0.4 is 5.32 Å². The van der Waals surface area contributed by atoms with Gasteiger partial charge in [-0.25, -0.2) is 4.39 Å². The molecule has 0 heterocycles. The number of aliphatic carboxylic acids is 1. The Morgan fingerprint density at radius 1 is 0.900 bits per heavy atom. The van der Waals surface area contributed by atoms with Gasteiger partial charge in [-0.3, -0.25) is 9.79 Å². The highest BCUT2D eigenvalue weighted by Gasteiger charge is 2.34. The Labute approximate surface area is 179 Å². The first kappa shape index (κ1) is 24.8. The predicted molar refractivity (Wildman–Crippen MR) is 124 cm³/mol. The van der Waals surface area contributed by atoms with Gasteiger partial charge < -0.3 is 10.4 Å². The van der Waals surface area contributed by atoms with Crippen LogP contribution in [0, 0.1) is 11.8 Å². The highest BCUT2D eigenvalue weighted by atomic mass is 19.1. The molecule has 2 unspecified atom stereocenters. The van der Waals surface area contributed by atoms with Crippen molar-refractivity contribution in [3.63, 3.8) is 0 Å². The van der Waals surface area contributed by atoms with Gasteiger partial charge in [0.15, 0.2) is 0 Å². The van der Waals surface area contributed by atoms with Crippen molar-refractivity contribution in [2.75, 3.05) is 7.05 Å². The minimum absolute atomic E-state index is 0.170. The van der Waals surface area contributed by atoms with Crippen LogP contribution in [0.3, 0.4) is 0 Å². The Morgan fingerprint density at radius 2 is 1.37 bits per heavy atom. The summed E-state index contributed by atoms with van der Waals surface area (Å²) in [6.45, 7) is 22.5. The molecule has 0 aromatic carbocycles. The third-order valence-corrected chi connectivity index (χ3v) is 5.07. The Balaban J connectivity index is 2.74. The average Bonchev–Trinajstić information content (AvgIpc) is 2.72. The topological polar surface area (TPSA) is 61.7 Å². The van der Waals surface area contributed by atoms with Crippen molar-refractivity contribution >= 4 is 11.8 Å². The summed E-state index contributed by atoms with van der Waals surface area (Å²) in [4.78, 5) is 15.9. The number of allylic oxidation sites excluding steroid dienone is 8. The average molecular weight is 411 g/mol. The molecule has 0 amide bonds. The lowest BCUT2D eigenvalue weighted by Crippen LogP contribution is -2.39. The zero-order chi connectivity index (χ0) is 22.8. The molecule has 2 atom stereocenters. The molecule has 1 aliphatic rings. The Kier molecular flexibility index (Phi) is 9.69. The van der Waals surface area contributed by atoms with E-state index in [2.05, 4.69) is 49.8 Å². The number of amidine groups is 1. The second-order valence-corrected chi connectivity index (χ2v) is 7.22. The zero-order valence-electron chi connectivity index (χ0n) is 17.7. The number of hydrogen-bond donors (Lipinski definition) is 2. The summed E-state index contributed by atoms with van der Waals surface area (Å²) in [6.07, 6.45) is 9.82. The lowest BCUT2D eigenvalue weighted by molar-refractivity contribution is -0.143. The number of nitrogens with one attached hydrogen (secondary N) is 1. The summed E-state index contributed by atoms with van der Waals surface area (Å²) >= 11 is 0. The smallest absolute Gasteiger partial charge is 0.307 e. The van der Waals surface area contributed by atoms with Gasteiger partial charge in [-0.1, -0.05) is 76.6 Å². The molecule has 1 saturated carbocycles. The maximum atomic E-state index is 12.9. The molecular weight excluding hydrogens is 379 g/mol. The monoisotopic (exact) mass is 410 g/mol. The van der Waals surface area contributed by atoms with Crippen LogP contribution in [0.1, 0.15) is 25.7 Å². The summed E-state index contributed by atoms with van der Waals surface area (Å²) in [7, 11) is 1.64. The molecule has 4 nitrogen and oxygen atoms in total. The number of aliphatic imine (C=N–C) groups is 1. The Bertz CT molecular complexity index is 858. The fourth-order valence-corrected chi connectivity index (χ4v) is 3.11. The highest BCUT2D eigenvalue weighted by Crippen LogP contribution is 2.31. The first-order chi connectivity index (χ1) is 14.1. The van der Waals surface area contributed by atoms with Crippen molar-refractivity contribution in [1.29, 1.82) is 0 Å². The second-order valence-electron chi connectivity index (χ2n) is 7.22. The Hall–Kier alpha value is -3.21. The zero-order valence-corrected chi connectivity index (χ0v) is 17.7. The molecule has 0 spiro atoms. The van der Waals surface area contributed by atoms with E-state index in [1.54, 1.807) is 25.3 Å². The van der Waals surface area contributed by atoms with Crippen LogP contribution in [0.15, 0.2) is 103 Å². The molecule has 0 radical (unpaired) electrons. The first-order valence-electron chi connectivity index (χ1n) is 9.71. The van der Waals surface area contributed by atoms with Gasteiger partial charge in [-0.2, -0.15) is 0 Å². The van der Waals surface area contributed by atoms with Crippen LogP contribution in [-0.4, -0.2) is 24.0 Å². The molecule has 5 heteroatoms. The normalized spacial score (nSPS) is 19.5. The summed E-state index contributed by atoms with van der Waals surface area (Å²) in [5.74, 6) is -1.42. The minimum Gasteiger partial charge on any atom is -0.481 e. The van der Waals surface area contributed by atoms with E-state index in [0.717, 1.165) is 19.3 Å². The maximum absolute atomic E-state index is 12.9. The number of halogens is 1. The van der Waals surface area contributed by atoms with E-state index >= 15 is 0 Å². The Morgan fingerprint density at radius 3 is 1.83 bits per heavy atom. The molecule has 1 aliphatic carbocycles. The molecule has 160 valence electrons. The van der Waals surface area contributed by atoms with Crippen molar-refractivity contribution in [2.45, 2.75) is 25.7 Å². The van der Waals surface area contributed by atoms with E-state index < -0.39 is 17.7 Å². The van der Waals surface area contributed by atoms with Gasteiger partial charge in [-0.15, -0.1) is 0 Å². The molecule has 2 N–H and O–H groups in total. The van der Waals surface area contributed by atoms with Gasteiger partial charge in [0.1, 0.15) is 11.7 Å². The van der Waals surface area contributed by atoms with E-state index in [4.69, 9.17) is 0 Å². The van der Waals surface area contributed by atoms with Gasteiger partial charge in [0.2, 0.25) is 0 Å². The van der Waals surface area contributed by atoms with Crippen LogP contribution in [0.2, 0.25) is 0 Å². The standard InChI is InChI=1S/C25H31FN2O2/c1-16(12-14-18(3)20(5)26)17(2)13-15-19(4)21(6)28-24(27-7)22-10-8-9-11-23(22)25(29)30/h12-15,22-23H,1-6,8-11H2,7H3,(H,27,28)(H,29,30)/b14-12-,15-13-. The lowest BCUT2D eigenvalue weighted by Gasteiger charge is -2.30. The van der Waals surface area contributed by atoms with Crippen molar-refractivity contribution < 1.29 is 14.3 Å². The van der Waals surface area contributed by atoms with Crippen molar-refractivity contribution in [2.24, 2.45) is 16.8 Å². The number of hydrogen-bond acceptors (Lipinski definition) is 2. The number of carboxylic acids is 1. The van der Waals surface area contributed by atoms with Gasteiger partial charge in [-0.05, 0) is 29.6 Å². The van der Waals surface area contributed by atoms with Crippen LogP contribution >= 0.6 is 0 Å². The first-order valence-corrected chi connectivity index (χ1v) is 9.71. The molecule has 30 heavy (non-hydrogen) atoms. The lowest BCUT2D eigenvalue weighted by atomic mass is 9.78. The van der Waals surface area contributed by atoms with Crippen LogP contribution in [0.25, 0.3) is 0 Å². The molecule has 1 rings (SSSR count). The van der Waals surface area contributed by atoms with E-state index in [1.807, 2.05) is 0 Å². The number of nitrogens with zero attached hydrogens (tertiary/aromatic N) is 1. The van der Waals surface area contributed by atoms with Crippen LogP contribution in [0.5, 0.6) is 0 Å². The SMILES string of the molecule is C=C(F)C(=C)/C=C\C(=C)C(=C)/C=C\C(=C)C(=C)NC(=NC)C1CCCCC1C(=O)O. The van der Waals surface area contributed by atoms with Gasteiger partial charge in [0, 0.05) is 24.2 Å². The van der Waals surface area contributed by atoms with Crippen molar-refractivity contribution in [3.05, 3.63) is 97.6 Å². The van der Waals surface area contributed by atoms with Gasteiger partial charge in [0.25, 0.3) is 0 Å². The summed E-state index contributed by atoms with van der Waals surface area (Å²) < 4.78 is 12.9. The number of carboxylic acid groups (broad SMARTS) is 1.